The van der Waals surface area contributed by atoms with Crippen LogP contribution < -0.4 is 0 Å². The monoisotopic (exact) mass is 398 g/mol. The lowest BCUT2D eigenvalue weighted by molar-refractivity contribution is -0.155. The van der Waals surface area contributed by atoms with Gasteiger partial charge in [0.15, 0.2) is 0 Å². The molecule has 11 heteroatoms. The van der Waals surface area contributed by atoms with Crippen LogP contribution in [0.25, 0.3) is 0 Å². The Balaban J connectivity index is 1.68. The fourth-order valence-electron chi connectivity index (χ4n) is 3.39. The largest absolute Gasteiger partial charge is 0.371 e. The summed E-state index contributed by atoms with van der Waals surface area (Å²) in [5.41, 5.74) is -0.494. The molecule has 2 aliphatic heterocycles. The van der Waals surface area contributed by atoms with Crippen molar-refractivity contribution in [3.05, 3.63) is 5.82 Å². The van der Waals surface area contributed by atoms with Crippen molar-refractivity contribution in [3.8, 4) is 0 Å². The summed E-state index contributed by atoms with van der Waals surface area (Å²) in [5.74, 6) is -0.226. The highest BCUT2D eigenvalue weighted by Crippen LogP contribution is 2.32. The van der Waals surface area contributed by atoms with Crippen molar-refractivity contribution in [1.82, 2.24) is 25.1 Å². The third-order valence-corrected chi connectivity index (χ3v) is 7.48. The van der Waals surface area contributed by atoms with Crippen molar-refractivity contribution >= 4 is 21.5 Å². The number of tetrazole rings is 1. The highest BCUT2D eigenvalue weighted by Gasteiger charge is 2.43. The summed E-state index contributed by atoms with van der Waals surface area (Å²) in [4.78, 5) is 27.7. The molecule has 2 fully saturated rings. The summed E-state index contributed by atoms with van der Waals surface area (Å²) < 4.78 is 22.9. The molecule has 0 bridgehead atoms. The minimum atomic E-state index is -2.69. The molecule has 1 unspecified atom stereocenters. The molecule has 3 heterocycles. The smallest absolute Gasteiger partial charge is 0.326 e. The third kappa shape index (κ3) is 4.34. The van der Waals surface area contributed by atoms with Gasteiger partial charge in [0, 0.05) is 30.5 Å². The summed E-state index contributed by atoms with van der Waals surface area (Å²) in [6.45, 7) is 5.50. The third-order valence-electron chi connectivity index (χ3n) is 5.30. The fourth-order valence-corrected chi connectivity index (χ4v) is 5.55. The van der Waals surface area contributed by atoms with E-state index in [1.54, 1.807) is 7.05 Å². The van der Waals surface area contributed by atoms with Crippen LogP contribution in [0.1, 0.15) is 43.7 Å². The van der Waals surface area contributed by atoms with Crippen LogP contribution >= 0.6 is 0 Å². The van der Waals surface area contributed by atoms with E-state index in [1.807, 2.05) is 18.7 Å². The molecule has 10 nitrogen and oxygen atoms in total. The van der Waals surface area contributed by atoms with Gasteiger partial charge in [0.1, 0.15) is 0 Å². The molecule has 1 aromatic rings. The Bertz CT molecular complexity index is 830. The maximum Gasteiger partial charge on any atom is 0.326 e. The SMILES string of the molecule is CCC(C)C(=O)N1CCOC2(CCS(=O)(=NC(=O)c3nnn(C)n3)CC2)C1. The van der Waals surface area contributed by atoms with E-state index in [2.05, 4.69) is 19.8 Å². The first-order valence-electron chi connectivity index (χ1n) is 9.19. The summed E-state index contributed by atoms with van der Waals surface area (Å²) >= 11 is 0. The Labute approximate surface area is 158 Å². The molecule has 0 aliphatic carbocycles. The summed E-state index contributed by atoms with van der Waals surface area (Å²) in [6, 6.07) is 0. The Hall–Kier alpha value is -1.88. The molecule has 2 saturated heterocycles. The summed E-state index contributed by atoms with van der Waals surface area (Å²) in [5, 5.41) is 11.0. The molecule has 0 aromatic carbocycles. The number of nitrogens with zero attached hydrogens (tertiary/aromatic N) is 6. The van der Waals surface area contributed by atoms with Crippen LogP contribution in [0, 0.1) is 5.92 Å². The van der Waals surface area contributed by atoms with Gasteiger partial charge in [-0.2, -0.15) is 9.16 Å². The lowest BCUT2D eigenvalue weighted by Gasteiger charge is -2.45. The zero-order valence-electron chi connectivity index (χ0n) is 16.0. The average Bonchev–Trinajstić information content (AvgIpc) is 3.10. The van der Waals surface area contributed by atoms with Gasteiger partial charge in [-0.15, -0.1) is 10.2 Å². The number of ether oxygens (including phenoxy) is 1. The zero-order chi connectivity index (χ0) is 19.7. The quantitative estimate of drug-likeness (QED) is 0.716. The van der Waals surface area contributed by atoms with Gasteiger partial charge in [0.2, 0.25) is 5.91 Å². The van der Waals surface area contributed by atoms with Crippen LogP contribution in [0.3, 0.4) is 0 Å². The number of aromatic nitrogens is 4. The lowest BCUT2D eigenvalue weighted by atomic mass is 9.93. The van der Waals surface area contributed by atoms with E-state index in [1.165, 1.54) is 0 Å². The molecule has 150 valence electrons. The van der Waals surface area contributed by atoms with Gasteiger partial charge in [-0.05, 0) is 24.5 Å². The first-order chi connectivity index (χ1) is 12.8. The molecule has 0 N–H and O–H groups in total. The van der Waals surface area contributed by atoms with E-state index in [0.717, 1.165) is 11.2 Å². The van der Waals surface area contributed by atoms with Crippen molar-refractivity contribution in [2.24, 2.45) is 17.3 Å². The topological polar surface area (TPSA) is 120 Å². The van der Waals surface area contributed by atoms with Gasteiger partial charge in [-0.25, -0.2) is 4.21 Å². The van der Waals surface area contributed by atoms with E-state index >= 15 is 0 Å². The van der Waals surface area contributed by atoms with Crippen LogP contribution in [0.4, 0.5) is 0 Å². The molecule has 1 aromatic heterocycles. The molecule has 0 radical (unpaired) electrons. The maximum atomic E-state index is 13.0. The second kappa shape index (κ2) is 7.63. The van der Waals surface area contributed by atoms with E-state index in [0.29, 0.717) is 32.5 Å². The molecular weight excluding hydrogens is 372 g/mol. The van der Waals surface area contributed by atoms with Crippen LogP contribution in [-0.2, 0) is 26.3 Å². The molecule has 27 heavy (non-hydrogen) atoms. The second-order valence-electron chi connectivity index (χ2n) is 7.28. The van der Waals surface area contributed by atoms with Gasteiger partial charge in [0.25, 0.3) is 5.82 Å². The van der Waals surface area contributed by atoms with Crippen LogP contribution in [-0.4, -0.2) is 77.9 Å². The Morgan fingerprint density at radius 3 is 2.67 bits per heavy atom. The number of morpholine rings is 1. The number of carbonyl (C=O) groups is 2. The normalized spacial score (nSPS) is 29.5. The first-order valence-corrected chi connectivity index (χ1v) is 11.0. The van der Waals surface area contributed by atoms with Crippen molar-refractivity contribution in [2.75, 3.05) is 31.2 Å². The van der Waals surface area contributed by atoms with E-state index in [4.69, 9.17) is 4.74 Å². The number of rotatable bonds is 3. The predicted octanol–water partition coefficient (Wildman–Crippen LogP) is 0.256. The van der Waals surface area contributed by atoms with Crippen molar-refractivity contribution < 1.29 is 18.5 Å². The number of aryl methyl sites for hydroxylation is 1. The maximum absolute atomic E-state index is 13.0. The number of hydrogen-bond donors (Lipinski definition) is 0. The summed E-state index contributed by atoms with van der Waals surface area (Å²) in [6.07, 6.45) is 1.80. The predicted molar refractivity (Wildman–Crippen MR) is 97.4 cm³/mol. The Morgan fingerprint density at radius 2 is 2.07 bits per heavy atom. The van der Waals surface area contributed by atoms with Gasteiger partial charge < -0.3 is 9.64 Å². The van der Waals surface area contributed by atoms with Gasteiger partial charge in [-0.1, -0.05) is 13.8 Å². The lowest BCUT2D eigenvalue weighted by Crippen LogP contribution is -2.57. The second-order valence-corrected chi connectivity index (χ2v) is 9.82. The van der Waals surface area contributed by atoms with Gasteiger partial charge in [-0.3, -0.25) is 9.59 Å². The molecule has 1 spiro atoms. The molecule has 2 aliphatic rings. The zero-order valence-corrected chi connectivity index (χ0v) is 16.8. The highest BCUT2D eigenvalue weighted by atomic mass is 32.2. The van der Waals surface area contributed by atoms with Crippen LogP contribution in [0.15, 0.2) is 4.36 Å². The molecule has 3 rings (SSSR count). The number of hydrogen-bond acceptors (Lipinski definition) is 7. The van der Waals surface area contributed by atoms with Gasteiger partial charge in [0.05, 0.1) is 29.0 Å². The molecular formula is C16H26N6O4S. The van der Waals surface area contributed by atoms with Gasteiger partial charge >= 0.3 is 5.91 Å². The number of carbonyl (C=O) groups excluding carboxylic acids is 2. The van der Waals surface area contributed by atoms with E-state index < -0.39 is 21.2 Å². The average molecular weight is 398 g/mol. The van der Waals surface area contributed by atoms with Crippen LogP contribution in [0.5, 0.6) is 0 Å². The molecule has 0 saturated carbocycles. The fraction of sp³-hybridized carbons (Fsp3) is 0.812. The van der Waals surface area contributed by atoms with Crippen molar-refractivity contribution in [2.45, 2.75) is 38.7 Å². The molecule has 2 amide bonds. The molecule has 1 atom stereocenters. The summed E-state index contributed by atoms with van der Waals surface area (Å²) in [7, 11) is -1.14. The standard InChI is InChI=1S/C16H26N6O4S/c1-4-12(2)15(24)22-7-8-26-16(11-22)5-9-27(25,10-6-16)19-14(23)13-17-20-21(3)18-13/h12H,4-11H2,1-3H3. The minimum Gasteiger partial charge on any atom is -0.371 e. The first kappa shape index (κ1) is 19.9. The highest BCUT2D eigenvalue weighted by molar-refractivity contribution is 7.93. The Morgan fingerprint density at radius 1 is 1.37 bits per heavy atom. The van der Waals surface area contributed by atoms with E-state index in [9.17, 15) is 13.8 Å². The van der Waals surface area contributed by atoms with Crippen LogP contribution in [0.2, 0.25) is 0 Å². The Kier molecular flexibility index (Phi) is 5.61. The van der Waals surface area contributed by atoms with Crippen molar-refractivity contribution in [1.29, 1.82) is 0 Å². The number of amides is 2. The minimum absolute atomic E-state index is 0.0138. The van der Waals surface area contributed by atoms with Crippen molar-refractivity contribution in [3.63, 3.8) is 0 Å². The van der Waals surface area contributed by atoms with E-state index in [-0.39, 0.29) is 29.2 Å².